The lowest BCUT2D eigenvalue weighted by molar-refractivity contribution is -0.0192. The normalized spacial score (nSPS) is 39.7. The van der Waals surface area contributed by atoms with E-state index in [1.165, 1.54) is 57.4 Å². The number of nitrogens with zero attached hydrogens (tertiary/aromatic N) is 5. The predicted octanol–water partition coefficient (Wildman–Crippen LogP) is 15.1. The molecule has 5 N–H and O–H groups in total. The third-order valence-electron chi connectivity index (χ3n) is 21.9. The Hall–Kier alpha value is -6.30. The van der Waals surface area contributed by atoms with Crippen LogP contribution in [0.4, 0.5) is 0 Å². The summed E-state index contributed by atoms with van der Waals surface area (Å²) >= 11 is 0. The van der Waals surface area contributed by atoms with Crippen molar-refractivity contribution in [3.63, 3.8) is 0 Å². The average Bonchev–Trinajstić information content (AvgIpc) is 0.630. The Morgan fingerprint density at radius 2 is 0.522 bits per heavy atom. The maximum Gasteiger partial charge on any atom is 0.161 e. The van der Waals surface area contributed by atoms with Gasteiger partial charge in [0.2, 0.25) is 0 Å². The van der Waals surface area contributed by atoms with Gasteiger partial charge in [-0.2, -0.15) is 0 Å². The number of hydrogen-bond donors (Lipinski definition) is 5. The van der Waals surface area contributed by atoms with Crippen molar-refractivity contribution in [1.29, 1.82) is 0 Å². The van der Waals surface area contributed by atoms with Crippen LogP contribution in [-0.2, 0) is 31.9 Å². The van der Waals surface area contributed by atoms with Crippen molar-refractivity contribution in [2.75, 3.05) is 136 Å². The Kier molecular flexibility index (Phi) is 16.0. The van der Waals surface area contributed by atoms with Gasteiger partial charge in [0.25, 0.3) is 0 Å². The molecule has 17 unspecified atom stereocenters. The zero-order chi connectivity index (χ0) is 125. The summed E-state index contributed by atoms with van der Waals surface area (Å²) < 4.78 is 451. The highest BCUT2D eigenvalue weighted by atomic mass is 16.5. The van der Waals surface area contributed by atoms with Crippen molar-refractivity contribution >= 4 is 0 Å². The number of rotatable bonds is 20. The topological polar surface area (TPSA) is 210 Å². The van der Waals surface area contributed by atoms with Gasteiger partial charge in [-0.1, -0.05) is 69.1 Å². The minimum atomic E-state index is -3.12. The summed E-state index contributed by atoms with van der Waals surface area (Å²) in [6.45, 7) is -6.51. The second-order valence-electron chi connectivity index (χ2n) is 31.3. The zero-order valence-electron chi connectivity index (χ0n) is 116. The van der Waals surface area contributed by atoms with Crippen molar-refractivity contribution < 1.29 is 139 Å². The van der Waals surface area contributed by atoms with Gasteiger partial charge in [-0.3, -0.25) is 24.5 Å². The average molecular weight is 1650 g/mol. The summed E-state index contributed by atoms with van der Waals surface area (Å²) in [6.07, 6.45) is -23.5. The highest BCUT2D eigenvalue weighted by Crippen LogP contribution is 2.50. The molecule has 5 aromatic carbocycles. The van der Waals surface area contributed by atoms with Gasteiger partial charge in [-0.25, -0.2) is 0 Å². The number of fused-ring (bicyclic) bond motifs is 15. The molecule has 115 heavy (non-hydrogen) atoms. The Morgan fingerprint density at radius 3 is 0.713 bits per heavy atom. The van der Waals surface area contributed by atoms with Crippen LogP contribution in [0, 0.1) is 59.1 Å². The molecule has 5 fully saturated rings. The quantitative estimate of drug-likeness (QED) is 0.0491. The molecule has 5 saturated heterocycles. The number of aliphatic hydroxyl groups is 5. The Morgan fingerprint density at radius 1 is 0.330 bits per heavy atom. The lowest BCUT2D eigenvalue weighted by Gasteiger charge is -2.46. The van der Waals surface area contributed by atoms with Gasteiger partial charge in [0, 0.05) is 139 Å². The molecule has 0 amide bonds. The van der Waals surface area contributed by atoms with E-state index < -0.39 is 273 Å². The highest BCUT2D eigenvalue weighted by molar-refractivity contribution is 5.54. The lowest BCUT2D eigenvalue weighted by Crippen LogP contribution is -2.48. The van der Waals surface area contributed by atoms with Crippen molar-refractivity contribution in [3.8, 4) is 57.5 Å². The molecular weight excluding hydrogens is 1450 g/mol. The van der Waals surface area contributed by atoms with E-state index >= 15 is 0 Å². The van der Waals surface area contributed by atoms with E-state index in [0.717, 1.165) is 37.9 Å². The van der Waals surface area contributed by atoms with E-state index in [1.54, 1.807) is 0 Å². The van der Waals surface area contributed by atoms with Crippen LogP contribution in [0.3, 0.4) is 0 Å². The first-order chi connectivity index (χ1) is 73.9. The van der Waals surface area contributed by atoms with E-state index in [1.807, 2.05) is 41.5 Å². The molecule has 0 aromatic heterocycles. The molecule has 640 valence electrons. The summed E-state index contributed by atoms with van der Waals surface area (Å²) in [4.78, 5) is 5.96. The third kappa shape index (κ3) is 21.1. The molecule has 15 rings (SSSR count). The fourth-order valence-electron chi connectivity index (χ4n) is 16.5. The van der Waals surface area contributed by atoms with Gasteiger partial charge >= 0.3 is 0 Å². The van der Waals surface area contributed by atoms with Crippen LogP contribution in [0.5, 0.6) is 57.5 Å². The molecule has 0 spiro atoms. The number of methoxy groups -OCH3 is 10. The van der Waals surface area contributed by atoms with Crippen LogP contribution in [0.2, 0.25) is 0 Å². The molecule has 20 nitrogen and oxygen atoms in total. The van der Waals surface area contributed by atoms with Crippen LogP contribution >= 0.6 is 0 Å². The van der Waals surface area contributed by atoms with E-state index in [9.17, 15) is 25.5 Å². The van der Waals surface area contributed by atoms with Crippen molar-refractivity contribution in [2.24, 2.45) is 59.1 Å². The molecule has 20 heteroatoms. The van der Waals surface area contributed by atoms with Crippen molar-refractivity contribution in [1.82, 2.24) is 24.5 Å². The van der Waals surface area contributed by atoms with Crippen LogP contribution < -0.4 is 47.4 Å². The Labute approximate surface area is 757 Å². The second-order valence-corrected chi connectivity index (χ2v) is 31.3. The Balaban J connectivity index is 0.000000192. The molecule has 10 aliphatic rings. The molecule has 0 saturated carbocycles. The first kappa shape index (κ1) is 45.4. The summed E-state index contributed by atoms with van der Waals surface area (Å²) in [5.41, 5.74) is -1.85. The molecule has 17 atom stereocenters. The van der Waals surface area contributed by atoms with Gasteiger partial charge in [-0.05, 0) is 271 Å². The number of hydrogen-bond acceptors (Lipinski definition) is 20. The van der Waals surface area contributed by atoms with Gasteiger partial charge in [-0.15, -0.1) is 0 Å². The van der Waals surface area contributed by atoms with Crippen LogP contribution in [0.1, 0.15) is 285 Å². The summed E-state index contributed by atoms with van der Waals surface area (Å²) in [6, 6.07) is -9.12. The minimum absolute atomic E-state index is 0.0187. The highest BCUT2D eigenvalue weighted by Gasteiger charge is 2.45. The monoisotopic (exact) mass is 1640 g/mol. The molecule has 0 radical (unpaired) electrons. The molecule has 0 bridgehead atoms. The maximum atomic E-state index is 11.0. The zero-order valence-corrected chi connectivity index (χ0v) is 68.1. The lowest BCUT2D eigenvalue weighted by atomic mass is 9.79. The van der Waals surface area contributed by atoms with Crippen LogP contribution in [0.15, 0.2) is 60.4 Å². The minimum Gasteiger partial charge on any atom is -0.493 e. The van der Waals surface area contributed by atoms with E-state index in [-0.39, 0.29) is 178 Å². The SMILES string of the molecule is [2H]c1c(OC([2H])([2H])[2H])c(OC)c([2H])c2c1C1CC(O)C(C([2H])([2H])C([2H])(C)C([2H])([2H])[2H])CN1C([2H])([2H])C2([2H])[2H].[2H]c1c(OC([2H])([2H])[2H])c(OC)c([2H])c2c1C1CC(O)C(CC(C)C)CN1C([2H])([2H])C2([2H])[2H].[2H]c1c(OC)c(OC)c([2H])c2c1C1CC(O)C(C([2H])([2H])C([2H])(C)C([2H])([2H])[2H])CN1C([2H])([2H])C2([2H])[2H].[2H]c1c(OC)c(OC)c([2H])c2c1C1CC(O)C(CC(C)C)CN1C([2H])([2H])C2([2H])[2H].[2H]c1c(OC)c(OC)c([2H])c2c1C1CC(O)C(CC(C)C)CN1C([2H])([2H])C2([2H])[2H]. The molecule has 5 aromatic rings. The van der Waals surface area contributed by atoms with Crippen LogP contribution in [-0.4, -0.2) is 217 Å². The number of ether oxygens (including phenoxy) is 10. The molecule has 10 heterocycles. The molecule has 0 aliphatic carbocycles. The maximum absolute atomic E-state index is 11.0. The Bertz CT molecular complexity index is 6180. The summed E-state index contributed by atoms with van der Waals surface area (Å²) in [5.74, 6) is -11.2. The fraction of sp³-hybridized carbons (Fsp3) is 0.684. The van der Waals surface area contributed by atoms with Crippen molar-refractivity contribution in [2.45, 2.75) is 226 Å². The van der Waals surface area contributed by atoms with Crippen LogP contribution in [0.25, 0.3) is 0 Å². The fourth-order valence-corrected chi connectivity index (χ4v) is 16.5. The first-order valence-electron chi connectivity index (χ1n) is 62.7. The molecule has 10 aliphatic heterocycles. The largest absolute Gasteiger partial charge is 0.493 e. The van der Waals surface area contributed by atoms with Crippen molar-refractivity contribution in [3.05, 3.63) is 116 Å². The summed E-state index contributed by atoms with van der Waals surface area (Å²) in [5, 5.41) is 54.3. The smallest absolute Gasteiger partial charge is 0.161 e. The van der Waals surface area contributed by atoms with E-state index in [0.29, 0.717) is 31.1 Å². The van der Waals surface area contributed by atoms with E-state index in [2.05, 4.69) is 0 Å². The predicted molar refractivity (Wildman–Crippen MR) is 456 cm³/mol. The van der Waals surface area contributed by atoms with Gasteiger partial charge < -0.3 is 72.9 Å². The molecular formula is C95H145N5O15. The second kappa shape index (κ2) is 40.6. The summed E-state index contributed by atoms with van der Waals surface area (Å²) in [7, 11) is 3.92. The van der Waals surface area contributed by atoms with Gasteiger partial charge in [0.05, 0.1) is 123 Å². The number of aliphatic hydroxyl groups excluding tert-OH is 5. The number of piperidine rings is 5. The van der Waals surface area contributed by atoms with E-state index in [4.69, 9.17) is 113 Å². The third-order valence-corrected chi connectivity index (χ3v) is 21.9. The number of benzene rings is 5. The first-order valence-corrected chi connectivity index (χ1v) is 38.7. The van der Waals surface area contributed by atoms with Gasteiger partial charge in [0.15, 0.2) is 57.5 Å². The van der Waals surface area contributed by atoms with Gasteiger partial charge in [0.1, 0.15) is 0 Å². The standard InChI is InChI=1S/5C19H29NO3/c5*1-12(2)7-14-11-20-6-5-13-8-18(22-3)19(23-4)9-15(13)16(20)10-17(14)21/h5*8-9,12,14,16-17,21H,5-7,10-11H2,1-4H3/i1D3,4D3,5D2,6D2,7D2,8D,9D,12D;1D3,5D2,6D2,7D2,8D,9D,12D;4D3,5D2,6D2,8D,9D;2*5D2,6D2,8D,9D.